The first-order valence-electron chi connectivity index (χ1n) is 5.89. The minimum absolute atomic E-state index is 0.345. The summed E-state index contributed by atoms with van der Waals surface area (Å²) in [5, 5.41) is 3.72. The second-order valence-electron chi connectivity index (χ2n) is 3.97. The molecule has 2 heterocycles. The van der Waals surface area contributed by atoms with Gasteiger partial charge in [0.2, 0.25) is 4.80 Å². The van der Waals surface area contributed by atoms with Crippen molar-refractivity contribution in [2.45, 2.75) is 18.2 Å². The molecule has 0 fully saturated rings. The molecular weight excluding hydrogens is 280 g/mol. The van der Waals surface area contributed by atoms with Gasteiger partial charge in [0.15, 0.2) is 5.16 Å². The van der Waals surface area contributed by atoms with Crippen molar-refractivity contribution in [3.63, 3.8) is 0 Å². The predicted octanol–water partition coefficient (Wildman–Crippen LogP) is 1.86. The Morgan fingerprint density at radius 3 is 3.05 bits per heavy atom. The lowest BCUT2D eigenvalue weighted by atomic mass is 10.2. The van der Waals surface area contributed by atoms with Crippen LogP contribution in [-0.4, -0.2) is 20.7 Å². The van der Waals surface area contributed by atoms with E-state index in [9.17, 15) is 4.79 Å². The van der Waals surface area contributed by atoms with E-state index in [-0.39, 0.29) is 6.03 Å². The molecule has 1 aromatic heterocycles. The number of rotatable bonds is 2. The summed E-state index contributed by atoms with van der Waals surface area (Å²) in [5.74, 6) is 1.05. The molecule has 1 aliphatic heterocycles. The number of amides is 2. The van der Waals surface area contributed by atoms with Crippen molar-refractivity contribution in [3.8, 4) is 0 Å². The molecule has 3 rings (SSSR count). The molecule has 0 bridgehead atoms. The Hall–Kier alpha value is -1.60. The van der Waals surface area contributed by atoms with Crippen molar-refractivity contribution < 1.29 is 4.79 Å². The average Bonchev–Trinajstić information content (AvgIpc) is 2.98. The quantitative estimate of drug-likeness (QED) is 0.919. The highest BCUT2D eigenvalue weighted by Crippen LogP contribution is 2.23. The monoisotopic (exact) mass is 292 g/mol. The summed E-state index contributed by atoms with van der Waals surface area (Å²) < 4.78 is 2.06. The predicted molar refractivity (Wildman–Crippen MR) is 75.1 cm³/mol. The highest BCUT2D eigenvalue weighted by atomic mass is 32.2. The molecule has 7 heteroatoms. The van der Waals surface area contributed by atoms with E-state index < -0.39 is 0 Å². The maximum atomic E-state index is 11.7. The highest BCUT2D eigenvalue weighted by Gasteiger charge is 2.13. The Morgan fingerprint density at radius 2 is 2.26 bits per heavy atom. The highest BCUT2D eigenvalue weighted by molar-refractivity contribution is 7.99. The fourth-order valence-corrected chi connectivity index (χ4v) is 3.74. The van der Waals surface area contributed by atoms with Crippen molar-refractivity contribution >= 4 is 29.3 Å². The summed E-state index contributed by atoms with van der Waals surface area (Å²) in [6, 6.07) is 9.41. The zero-order chi connectivity index (χ0) is 13.1. The Bertz CT molecular complexity index is 623. The Balaban J connectivity index is 1.64. The van der Waals surface area contributed by atoms with Crippen LogP contribution in [0.1, 0.15) is 5.56 Å². The molecule has 0 saturated heterocycles. The van der Waals surface area contributed by atoms with Gasteiger partial charge in [-0.3, -0.25) is 3.96 Å². The summed E-state index contributed by atoms with van der Waals surface area (Å²) in [4.78, 5) is 20.5. The second kappa shape index (κ2) is 5.58. The van der Waals surface area contributed by atoms with Gasteiger partial charge in [-0.25, -0.2) is 4.79 Å². The number of fused-ring (bicyclic) bond motifs is 1. The molecule has 0 aliphatic carbocycles. The van der Waals surface area contributed by atoms with Crippen LogP contribution in [0, 0.1) is 0 Å². The van der Waals surface area contributed by atoms with E-state index in [1.54, 1.807) is 11.8 Å². The lowest BCUT2D eigenvalue weighted by molar-refractivity contribution is 0.248. The number of carbonyl (C=O) groups is 1. The van der Waals surface area contributed by atoms with E-state index >= 15 is 0 Å². The number of benzene rings is 1. The molecule has 1 aliphatic rings. The maximum absolute atomic E-state index is 11.7. The van der Waals surface area contributed by atoms with E-state index in [1.807, 2.05) is 30.3 Å². The SMILES string of the molecule is O=C(/N=c1\nc2n(s1)CCS2)NCc1ccccc1. The van der Waals surface area contributed by atoms with E-state index in [0.29, 0.717) is 11.3 Å². The molecule has 0 radical (unpaired) electrons. The number of aryl methyl sites for hydroxylation is 1. The van der Waals surface area contributed by atoms with Crippen molar-refractivity contribution in [1.82, 2.24) is 14.3 Å². The van der Waals surface area contributed by atoms with Crippen LogP contribution in [0.3, 0.4) is 0 Å². The van der Waals surface area contributed by atoms with E-state index in [0.717, 1.165) is 23.0 Å². The molecule has 98 valence electrons. The number of nitrogens with zero attached hydrogens (tertiary/aromatic N) is 3. The number of nitrogens with one attached hydrogen (secondary N) is 1. The van der Waals surface area contributed by atoms with Gasteiger partial charge in [-0.05, 0) is 17.1 Å². The molecule has 0 saturated carbocycles. The molecule has 19 heavy (non-hydrogen) atoms. The number of carbonyl (C=O) groups excluding carboxylic acids is 1. The number of hydrogen-bond donors (Lipinski definition) is 1. The van der Waals surface area contributed by atoms with E-state index in [2.05, 4.69) is 19.2 Å². The first-order chi connectivity index (χ1) is 9.31. The first kappa shape index (κ1) is 12.4. The van der Waals surface area contributed by atoms with Gasteiger partial charge >= 0.3 is 6.03 Å². The third-order valence-electron chi connectivity index (χ3n) is 2.61. The zero-order valence-electron chi connectivity index (χ0n) is 10.1. The van der Waals surface area contributed by atoms with Gasteiger partial charge in [0.25, 0.3) is 0 Å². The van der Waals surface area contributed by atoms with Crippen molar-refractivity contribution in [3.05, 3.63) is 40.7 Å². The standard InChI is InChI=1S/C12H12N4OS2/c17-10(13-8-9-4-2-1-3-5-9)14-11-15-12-16(19-11)6-7-18-12/h1-5H,6-8H2,(H,13,17)/b14-11+. The van der Waals surface area contributed by atoms with Crippen molar-refractivity contribution in [2.24, 2.45) is 4.99 Å². The maximum Gasteiger partial charge on any atom is 0.343 e. The molecule has 0 atom stereocenters. The zero-order valence-corrected chi connectivity index (χ0v) is 11.7. The summed E-state index contributed by atoms with van der Waals surface area (Å²) >= 11 is 3.13. The van der Waals surface area contributed by atoms with Crippen LogP contribution in [0.15, 0.2) is 40.5 Å². The fraction of sp³-hybridized carbons (Fsp3) is 0.250. The first-order valence-corrected chi connectivity index (χ1v) is 7.64. The van der Waals surface area contributed by atoms with Gasteiger partial charge in [0.05, 0.1) is 0 Å². The second-order valence-corrected chi connectivity index (χ2v) is 6.03. The van der Waals surface area contributed by atoms with Crippen molar-refractivity contribution in [2.75, 3.05) is 5.75 Å². The number of aromatic nitrogens is 2. The Labute approximate surface area is 118 Å². The van der Waals surface area contributed by atoms with Gasteiger partial charge in [-0.2, -0.15) is 9.98 Å². The van der Waals surface area contributed by atoms with Crippen LogP contribution in [0.5, 0.6) is 0 Å². The van der Waals surface area contributed by atoms with Crippen LogP contribution in [0.25, 0.3) is 0 Å². The third kappa shape index (κ3) is 3.05. The molecule has 0 unspecified atom stereocenters. The molecule has 5 nitrogen and oxygen atoms in total. The summed E-state index contributed by atoms with van der Waals surface area (Å²) in [6.07, 6.45) is 0. The lowest BCUT2D eigenvalue weighted by Crippen LogP contribution is -2.21. The summed E-state index contributed by atoms with van der Waals surface area (Å²) in [6.45, 7) is 1.44. The van der Waals surface area contributed by atoms with Crippen LogP contribution >= 0.6 is 23.3 Å². The van der Waals surface area contributed by atoms with Crippen LogP contribution in [0.4, 0.5) is 4.79 Å². The Kier molecular flexibility index (Phi) is 3.65. The normalized spacial score (nSPS) is 14.4. The molecule has 2 amide bonds. The minimum Gasteiger partial charge on any atom is -0.332 e. The van der Waals surface area contributed by atoms with Gasteiger partial charge in [-0.15, -0.1) is 0 Å². The topological polar surface area (TPSA) is 59.3 Å². The molecule has 1 N–H and O–H groups in total. The summed E-state index contributed by atoms with van der Waals surface area (Å²) in [5.41, 5.74) is 1.05. The number of hydrogen-bond acceptors (Lipinski definition) is 4. The molecule has 1 aromatic carbocycles. The van der Waals surface area contributed by atoms with Crippen LogP contribution in [0.2, 0.25) is 0 Å². The van der Waals surface area contributed by atoms with E-state index in [1.165, 1.54) is 11.5 Å². The van der Waals surface area contributed by atoms with Crippen molar-refractivity contribution in [1.29, 1.82) is 0 Å². The van der Waals surface area contributed by atoms with Crippen LogP contribution in [-0.2, 0) is 13.1 Å². The number of urea groups is 1. The smallest absolute Gasteiger partial charge is 0.332 e. The van der Waals surface area contributed by atoms with Crippen LogP contribution < -0.4 is 10.1 Å². The summed E-state index contributed by atoms with van der Waals surface area (Å²) in [7, 11) is 0. The van der Waals surface area contributed by atoms with Gasteiger partial charge < -0.3 is 5.32 Å². The average molecular weight is 292 g/mol. The van der Waals surface area contributed by atoms with E-state index in [4.69, 9.17) is 0 Å². The fourth-order valence-electron chi connectivity index (χ4n) is 1.71. The Morgan fingerprint density at radius 1 is 1.42 bits per heavy atom. The largest absolute Gasteiger partial charge is 0.343 e. The van der Waals surface area contributed by atoms with Gasteiger partial charge in [0, 0.05) is 18.8 Å². The molecule has 0 spiro atoms. The molecular formula is C12H12N4OS2. The third-order valence-corrected chi connectivity index (χ3v) is 4.60. The number of thioether (sulfide) groups is 1. The van der Waals surface area contributed by atoms with Gasteiger partial charge in [-0.1, -0.05) is 42.1 Å². The molecule has 2 aromatic rings. The lowest BCUT2D eigenvalue weighted by Gasteiger charge is -2.00. The van der Waals surface area contributed by atoms with Gasteiger partial charge in [0.1, 0.15) is 0 Å². The minimum atomic E-state index is -0.345.